The lowest BCUT2D eigenvalue weighted by molar-refractivity contribution is 0.124. The molecule has 0 fully saturated rings. The Labute approximate surface area is 105 Å². The molecule has 17 heavy (non-hydrogen) atoms. The minimum absolute atomic E-state index is 0.429. The Hall–Kier alpha value is -0.860. The van der Waals surface area contributed by atoms with Gasteiger partial charge in [-0.3, -0.25) is 0 Å². The highest BCUT2D eigenvalue weighted by atomic mass is 16.5. The number of hydrogen-bond donors (Lipinski definition) is 1. The fraction of sp³-hybridized carbons (Fsp3) is 0.600. The summed E-state index contributed by atoms with van der Waals surface area (Å²) in [6.07, 6.45) is 3.36. The van der Waals surface area contributed by atoms with Crippen LogP contribution in [-0.4, -0.2) is 19.8 Å². The predicted molar refractivity (Wildman–Crippen MR) is 73.3 cm³/mol. The van der Waals surface area contributed by atoms with E-state index in [1.807, 2.05) is 0 Å². The van der Waals surface area contributed by atoms with Crippen LogP contribution < -0.4 is 5.73 Å². The third kappa shape index (κ3) is 4.88. The molecule has 2 nitrogen and oxygen atoms in total. The molecule has 0 spiro atoms. The molecule has 0 heterocycles. The van der Waals surface area contributed by atoms with E-state index in [-0.39, 0.29) is 0 Å². The third-order valence-corrected chi connectivity index (χ3v) is 3.17. The average Bonchev–Trinajstić information content (AvgIpc) is 2.35. The number of aryl methyl sites for hydroxylation is 1. The Balaban J connectivity index is 2.41. The number of benzene rings is 1. The van der Waals surface area contributed by atoms with E-state index in [2.05, 4.69) is 38.1 Å². The van der Waals surface area contributed by atoms with Gasteiger partial charge in [0.2, 0.25) is 0 Å². The summed E-state index contributed by atoms with van der Waals surface area (Å²) in [5.74, 6) is 0.429. The van der Waals surface area contributed by atoms with Gasteiger partial charge in [-0.1, -0.05) is 37.6 Å². The number of hydrogen-bond acceptors (Lipinski definition) is 2. The van der Waals surface area contributed by atoms with Gasteiger partial charge in [0.15, 0.2) is 0 Å². The van der Waals surface area contributed by atoms with E-state index in [1.54, 1.807) is 0 Å². The summed E-state index contributed by atoms with van der Waals surface area (Å²) < 4.78 is 5.61. The van der Waals surface area contributed by atoms with Gasteiger partial charge in [-0.05, 0) is 43.4 Å². The molecule has 0 aliphatic carbocycles. The summed E-state index contributed by atoms with van der Waals surface area (Å²) >= 11 is 0. The van der Waals surface area contributed by atoms with Crippen molar-refractivity contribution in [3.05, 3.63) is 35.4 Å². The molecule has 0 saturated heterocycles. The van der Waals surface area contributed by atoms with Gasteiger partial charge in [-0.2, -0.15) is 0 Å². The van der Waals surface area contributed by atoms with Gasteiger partial charge in [-0.15, -0.1) is 0 Å². The molecule has 0 saturated carbocycles. The molecule has 1 aromatic carbocycles. The van der Waals surface area contributed by atoms with Crippen LogP contribution in [0.3, 0.4) is 0 Å². The Morgan fingerprint density at radius 2 is 2.00 bits per heavy atom. The van der Waals surface area contributed by atoms with E-state index < -0.39 is 0 Å². The van der Waals surface area contributed by atoms with E-state index in [9.17, 15) is 0 Å². The molecular weight excluding hydrogens is 210 g/mol. The fourth-order valence-corrected chi connectivity index (χ4v) is 2.02. The van der Waals surface area contributed by atoms with Crippen molar-refractivity contribution >= 4 is 0 Å². The second-order valence-corrected chi connectivity index (χ2v) is 4.54. The second-order valence-electron chi connectivity index (χ2n) is 4.54. The molecule has 0 amide bonds. The van der Waals surface area contributed by atoms with Crippen molar-refractivity contribution in [3.8, 4) is 0 Å². The summed E-state index contributed by atoms with van der Waals surface area (Å²) in [6.45, 7) is 6.72. The van der Waals surface area contributed by atoms with Crippen LogP contribution in [0.1, 0.15) is 43.2 Å². The highest BCUT2D eigenvalue weighted by Gasteiger charge is 2.11. The van der Waals surface area contributed by atoms with Gasteiger partial charge in [0, 0.05) is 13.2 Å². The maximum Gasteiger partial charge on any atom is 0.0472 e. The van der Waals surface area contributed by atoms with Crippen LogP contribution in [0.4, 0.5) is 0 Å². The Bertz CT molecular complexity index is 312. The van der Waals surface area contributed by atoms with E-state index in [0.29, 0.717) is 12.5 Å². The lowest BCUT2D eigenvalue weighted by Gasteiger charge is -2.17. The van der Waals surface area contributed by atoms with Crippen molar-refractivity contribution in [1.82, 2.24) is 0 Å². The van der Waals surface area contributed by atoms with E-state index in [0.717, 1.165) is 26.1 Å². The lowest BCUT2D eigenvalue weighted by Crippen LogP contribution is -2.16. The smallest absolute Gasteiger partial charge is 0.0472 e. The molecule has 0 aliphatic rings. The van der Waals surface area contributed by atoms with Crippen molar-refractivity contribution in [2.75, 3.05) is 19.8 Å². The zero-order valence-corrected chi connectivity index (χ0v) is 11.1. The molecule has 96 valence electrons. The summed E-state index contributed by atoms with van der Waals surface area (Å²) in [4.78, 5) is 0. The first-order valence-electron chi connectivity index (χ1n) is 6.63. The topological polar surface area (TPSA) is 35.2 Å². The molecule has 0 aliphatic heterocycles. The Kier molecular flexibility index (Phi) is 6.90. The minimum Gasteiger partial charge on any atom is -0.381 e. The first kappa shape index (κ1) is 14.2. The Morgan fingerprint density at radius 1 is 1.24 bits per heavy atom. The van der Waals surface area contributed by atoms with Crippen LogP contribution in [0.5, 0.6) is 0 Å². The summed E-state index contributed by atoms with van der Waals surface area (Å²) in [7, 11) is 0. The highest BCUT2D eigenvalue weighted by molar-refractivity contribution is 5.29. The molecule has 0 bridgehead atoms. The quantitative estimate of drug-likeness (QED) is 0.702. The predicted octanol–water partition coefficient (Wildman–Crippen LogP) is 3.24. The van der Waals surface area contributed by atoms with Crippen LogP contribution >= 0.6 is 0 Å². The van der Waals surface area contributed by atoms with Crippen LogP contribution in [0.25, 0.3) is 0 Å². The lowest BCUT2D eigenvalue weighted by atomic mass is 9.92. The second kappa shape index (κ2) is 8.26. The molecule has 1 aromatic rings. The van der Waals surface area contributed by atoms with Gasteiger partial charge < -0.3 is 10.5 Å². The first-order valence-corrected chi connectivity index (χ1v) is 6.63. The van der Waals surface area contributed by atoms with Crippen molar-refractivity contribution in [1.29, 1.82) is 0 Å². The zero-order valence-electron chi connectivity index (χ0n) is 11.1. The van der Waals surface area contributed by atoms with Gasteiger partial charge in [0.1, 0.15) is 0 Å². The van der Waals surface area contributed by atoms with Gasteiger partial charge in [0.05, 0.1) is 0 Å². The standard InChI is InChI=1S/C15H25NO/c1-3-4-10-17-11-9-14(12-16)15-8-6-5-7-13(15)2/h5-8,14H,3-4,9-12,16H2,1-2H3. The molecular formula is C15H25NO. The van der Waals surface area contributed by atoms with E-state index >= 15 is 0 Å². The van der Waals surface area contributed by atoms with E-state index in [4.69, 9.17) is 10.5 Å². The summed E-state index contributed by atoms with van der Waals surface area (Å²) in [5, 5.41) is 0. The van der Waals surface area contributed by atoms with E-state index in [1.165, 1.54) is 17.5 Å². The molecule has 1 atom stereocenters. The molecule has 1 rings (SSSR count). The molecule has 0 radical (unpaired) electrons. The molecule has 0 aromatic heterocycles. The monoisotopic (exact) mass is 235 g/mol. The van der Waals surface area contributed by atoms with Gasteiger partial charge in [0.25, 0.3) is 0 Å². The van der Waals surface area contributed by atoms with Crippen LogP contribution in [0.2, 0.25) is 0 Å². The highest BCUT2D eigenvalue weighted by Crippen LogP contribution is 2.21. The van der Waals surface area contributed by atoms with Crippen molar-refractivity contribution < 1.29 is 4.74 Å². The van der Waals surface area contributed by atoms with Crippen LogP contribution in [-0.2, 0) is 4.74 Å². The molecule has 1 unspecified atom stereocenters. The van der Waals surface area contributed by atoms with Crippen molar-refractivity contribution in [2.24, 2.45) is 5.73 Å². The van der Waals surface area contributed by atoms with Crippen molar-refractivity contribution in [3.63, 3.8) is 0 Å². The summed E-state index contributed by atoms with van der Waals surface area (Å²) in [6, 6.07) is 8.49. The van der Waals surface area contributed by atoms with Crippen LogP contribution in [0, 0.1) is 6.92 Å². The maximum absolute atomic E-state index is 5.86. The molecule has 2 heteroatoms. The number of ether oxygens (including phenoxy) is 1. The zero-order chi connectivity index (χ0) is 12.5. The third-order valence-electron chi connectivity index (χ3n) is 3.17. The average molecular weight is 235 g/mol. The molecule has 2 N–H and O–H groups in total. The van der Waals surface area contributed by atoms with Gasteiger partial charge in [-0.25, -0.2) is 0 Å². The number of nitrogens with two attached hydrogens (primary N) is 1. The first-order chi connectivity index (χ1) is 8.29. The van der Waals surface area contributed by atoms with Crippen molar-refractivity contribution in [2.45, 2.75) is 39.0 Å². The SMILES string of the molecule is CCCCOCCC(CN)c1ccccc1C. The van der Waals surface area contributed by atoms with Gasteiger partial charge >= 0.3 is 0 Å². The Morgan fingerprint density at radius 3 is 2.65 bits per heavy atom. The summed E-state index contributed by atoms with van der Waals surface area (Å²) in [5.41, 5.74) is 8.56. The number of rotatable bonds is 8. The van der Waals surface area contributed by atoms with Crippen LogP contribution in [0.15, 0.2) is 24.3 Å². The largest absolute Gasteiger partial charge is 0.381 e. The number of unbranched alkanes of at least 4 members (excludes halogenated alkanes) is 1. The maximum atomic E-state index is 5.86. The fourth-order valence-electron chi connectivity index (χ4n) is 2.02. The normalized spacial score (nSPS) is 12.6. The minimum atomic E-state index is 0.429.